The molecule has 0 bridgehead atoms. The molecule has 0 saturated heterocycles. The maximum absolute atomic E-state index is 10.5. The Hall–Kier alpha value is -0.820. The van der Waals surface area contributed by atoms with E-state index in [2.05, 4.69) is 26.0 Å². The highest BCUT2D eigenvalue weighted by atomic mass is 16.3. The van der Waals surface area contributed by atoms with Crippen LogP contribution < -0.4 is 0 Å². The molecule has 0 fully saturated rings. The third kappa shape index (κ3) is 2.07. The average Bonchev–Trinajstić information content (AvgIpc) is 2.29. The molecular formula is C14H22O. The molecule has 0 aliphatic rings. The van der Waals surface area contributed by atoms with Gasteiger partial charge in [-0.25, -0.2) is 0 Å². The van der Waals surface area contributed by atoms with Gasteiger partial charge in [-0.2, -0.15) is 0 Å². The fourth-order valence-corrected chi connectivity index (χ4v) is 2.09. The first-order valence-corrected chi connectivity index (χ1v) is 5.76. The molecule has 2 atom stereocenters. The van der Waals surface area contributed by atoms with Crippen molar-refractivity contribution in [3.05, 3.63) is 35.9 Å². The van der Waals surface area contributed by atoms with Gasteiger partial charge in [0.25, 0.3) is 0 Å². The predicted molar refractivity (Wildman–Crippen MR) is 65.0 cm³/mol. The Labute approximate surface area is 93.1 Å². The summed E-state index contributed by atoms with van der Waals surface area (Å²) in [6.07, 6.45) is 1.71. The number of hydrogen-bond donors (Lipinski definition) is 1. The van der Waals surface area contributed by atoms with E-state index in [1.54, 1.807) is 0 Å². The van der Waals surface area contributed by atoms with Gasteiger partial charge in [-0.3, -0.25) is 0 Å². The highest BCUT2D eigenvalue weighted by Crippen LogP contribution is 2.39. The van der Waals surface area contributed by atoms with E-state index < -0.39 is 5.60 Å². The highest BCUT2D eigenvalue weighted by molar-refractivity contribution is 5.28. The Morgan fingerprint density at radius 3 is 1.93 bits per heavy atom. The molecule has 1 nitrogen and oxygen atoms in total. The van der Waals surface area contributed by atoms with Gasteiger partial charge in [-0.1, -0.05) is 51.1 Å². The molecule has 1 aromatic carbocycles. The molecule has 1 N–H and O–H groups in total. The minimum atomic E-state index is -0.650. The Morgan fingerprint density at radius 1 is 1.00 bits per heavy atom. The summed E-state index contributed by atoms with van der Waals surface area (Å²) in [6.45, 7) is 8.25. The van der Waals surface area contributed by atoms with E-state index in [0.717, 1.165) is 12.8 Å². The van der Waals surface area contributed by atoms with Gasteiger partial charge in [0.2, 0.25) is 0 Å². The van der Waals surface area contributed by atoms with Crippen LogP contribution in [0.5, 0.6) is 0 Å². The van der Waals surface area contributed by atoms with Crippen LogP contribution in [0.4, 0.5) is 0 Å². The van der Waals surface area contributed by atoms with Crippen LogP contribution in [0.1, 0.15) is 46.1 Å². The second-order valence-electron chi connectivity index (χ2n) is 4.68. The molecule has 0 aliphatic heterocycles. The van der Waals surface area contributed by atoms with Crippen LogP contribution in [0.2, 0.25) is 0 Å². The summed E-state index contributed by atoms with van der Waals surface area (Å²) in [7, 11) is 0. The molecule has 0 heterocycles. The van der Waals surface area contributed by atoms with E-state index in [0.29, 0.717) is 0 Å². The molecule has 0 spiro atoms. The summed E-state index contributed by atoms with van der Waals surface area (Å²) >= 11 is 0. The topological polar surface area (TPSA) is 20.2 Å². The van der Waals surface area contributed by atoms with E-state index in [1.807, 2.05) is 32.0 Å². The Morgan fingerprint density at radius 2 is 1.53 bits per heavy atom. The lowest BCUT2D eigenvalue weighted by molar-refractivity contribution is -0.0219. The van der Waals surface area contributed by atoms with E-state index in [-0.39, 0.29) is 5.41 Å². The second-order valence-corrected chi connectivity index (χ2v) is 4.68. The average molecular weight is 206 g/mol. The van der Waals surface area contributed by atoms with E-state index in [9.17, 15) is 5.11 Å². The van der Waals surface area contributed by atoms with E-state index in [1.165, 1.54) is 5.56 Å². The van der Waals surface area contributed by atoms with Crippen molar-refractivity contribution in [2.45, 2.75) is 51.6 Å². The Kier molecular flexibility index (Phi) is 3.56. The Bertz CT molecular complexity index is 302. The maximum Gasteiger partial charge on any atom is 0.0710 e. The normalized spacial score (nSPS) is 19.3. The van der Waals surface area contributed by atoms with Gasteiger partial charge >= 0.3 is 0 Å². The Balaban J connectivity index is 3.17. The third-order valence-corrected chi connectivity index (χ3v) is 4.00. The lowest BCUT2D eigenvalue weighted by atomic mass is 9.66. The van der Waals surface area contributed by atoms with Crippen molar-refractivity contribution in [1.82, 2.24) is 0 Å². The van der Waals surface area contributed by atoms with Crippen LogP contribution in [0.3, 0.4) is 0 Å². The molecule has 15 heavy (non-hydrogen) atoms. The van der Waals surface area contributed by atoms with Crippen LogP contribution in [-0.4, -0.2) is 10.7 Å². The monoisotopic (exact) mass is 206 g/mol. The first-order chi connectivity index (χ1) is 6.98. The van der Waals surface area contributed by atoms with Crippen molar-refractivity contribution in [1.29, 1.82) is 0 Å². The SMILES string of the molecule is CC[C@@](C)(O)[C@](C)(CC)c1ccccc1. The zero-order chi connectivity index (χ0) is 11.5. The highest BCUT2D eigenvalue weighted by Gasteiger charge is 2.41. The smallest absolute Gasteiger partial charge is 0.0710 e. The van der Waals surface area contributed by atoms with Crippen molar-refractivity contribution in [2.24, 2.45) is 0 Å². The van der Waals surface area contributed by atoms with Crippen LogP contribution in [0, 0.1) is 0 Å². The number of hydrogen-bond acceptors (Lipinski definition) is 1. The quantitative estimate of drug-likeness (QED) is 0.799. The summed E-state index contributed by atoms with van der Waals surface area (Å²) in [5.74, 6) is 0. The summed E-state index contributed by atoms with van der Waals surface area (Å²) in [5.41, 5.74) is 0.408. The fraction of sp³-hybridized carbons (Fsp3) is 0.571. The molecule has 0 unspecified atom stereocenters. The van der Waals surface area contributed by atoms with Gasteiger partial charge in [0.05, 0.1) is 5.60 Å². The van der Waals surface area contributed by atoms with E-state index >= 15 is 0 Å². The molecular weight excluding hydrogens is 184 g/mol. The van der Waals surface area contributed by atoms with Crippen LogP contribution >= 0.6 is 0 Å². The van der Waals surface area contributed by atoms with Gasteiger partial charge in [0, 0.05) is 5.41 Å². The predicted octanol–water partition coefficient (Wildman–Crippen LogP) is 3.52. The molecule has 1 aromatic rings. The lowest BCUT2D eigenvalue weighted by Gasteiger charge is -2.42. The minimum Gasteiger partial charge on any atom is -0.389 e. The summed E-state index contributed by atoms with van der Waals surface area (Å²) in [4.78, 5) is 0. The summed E-state index contributed by atoms with van der Waals surface area (Å²) < 4.78 is 0. The van der Waals surface area contributed by atoms with Crippen LogP contribution in [0.25, 0.3) is 0 Å². The maximum atomic E-state index is 10.5. The fourth-order valence-electron chi connectivity index (χ4n) is 2.09. The third-order valence-electron chi connectivity index (χ3n) is 4.00. The molecule has 0 radical (unpaired) electrons. The number of aliphatic hydroxyl groups is 1. The molecule has 0 aliphatic carbocycles. The number of rotatable bonds is 4. The standard InChI is InChI=1S/C14H22O/c1-5-13(3,14(4,15)6-2)12-10-8-7-9-11-12/h7-11,15H,5-6H2,1-4H3/t13-,14-/m1/s1. The van der Waals surface area contributed by atoms with Gasteiger partial charge in [0.15, 0.2) is 0 Å². The van der Waals surface area contributed by atoms with Gasteiger partial charge in [0.1, 0.15) is 0 Å². The lowest BCUT2D eigenvalue weighted by Crippen LogP contribution is -2.46. The zero-order valence-electron chi connectivity index (χ0n) is 10.2. The van der Waals surface area contributed by atoms with Crippen LogP contribution in [-0.2, 0) is 5.41 Å². The van der Waals surface area contributed by atoms with E-state index in [4.69, 9.17) is 0 Å². The zero-order valence-corrected chi connectivity index (χ0v) is 10.2. The van der Waals surface area contributed by atoms with Crippen molar-refractivity contribution < 1.29 is 5.11 Å². The molecule has 0 saturated carbocycles. The van der Waals surface area contributed by atoms with Crippen molar-refractivity contribution >= 4 is 0 Å². The van der Waals surface area contributed by atoms with Gasteiger partial charge in [-0.05, 0) is 25.3 Å². The largest absolute Gasteiger partial charge is 0.389 e. The molecule has 0 amide bonds. The summed E-state index contributed by atoms with van der Waals surface area (Å²) in [5, 5.41) is 10.5. The molecule has 1 rings (SSSR count). The second kappa shape index (κ2) is 4.36. The molecule has 1 heteroatoms. The van der Waals surface area contributed by atoms with Gasteiger partial charge < -0.3 is 5.11 Å². The van der Waals surface area contributed by atoms with Gasteiger partial charge in [-0.15, -0.1) is 0 Å². The van der Waals surface area contributed by atoms with Crippen molar-refractivity contribution in [3.63, 3.8) is 0 Å². The number of benzene rings is 1. The van der Waals surface area contributed by atoms with Crippen LogP contribution in [0.15, 0.2) is 30.3 Å². The minimum absolute atomic E-state index is 0.164. The first kappa shape index (κ1) is 12.3. The first-order valence-electron chi connectivity index (χ1n) is 5.76. The summed E-state index contributed by atoms with van der Waals surface area (Å²) in [6, 6.07) is 10.3. The molecule has 0 aromatic heterocycles. The molecule has 84 valence electrons. The van der Waals surface area contributed by atoms with Crippen molar-refractivity contribution in [3.8, 4) is 0 Å². The van der Waals surface area contributed by atoms with Crippen molar-refractivity contribution in [2.75, 3.05) is 0 Å².